The molecule has 0 heterocycles. The molecule has 0 aliphatic heterocycles. The Morgan fingerprint density at radius 3 is 2.65 bits per heavy atom. The maximum Gasteiger partial charge on any atom is 0.191 e. The number of guanidine groups is 1. The molecule has 6 heteroatoms. The molecule has 0 aromatic heterocycles. The maximum atomic E-state index is 5.40. The lowest BCUT2D eigenvalue weighted by atomic mass is 10.3. The van der Waals surface area contributed by atoms with Gasteiger partial charge in [0.25, 0.3) is 0 Å². The lowest BCUT2D eigenvalue weighted by Gasteiger charge is -2.11. The normalized spacial score (nSPS) is 11.7. The average molecular weight is 305 g/mol. The molecule has 0 aliphatic rings. The summed E-state index contributed by atoms with van der Waals surface area (Å²) in [4.78, 5) is 4.53. The van der Waals surface area contributed by atoms with Gasteiger partial charge < -0.3 is 20.1 Å². The van der Waals surface area contributed by atoms with Crippen molar-refractivity contribution in [1.82, 2.24) is 10.6 Å². The summed E-state index contributed by atoms with van der Waals surface area (Å²) >= 11 is 1.90. The molecule has 0 fully saturated rings. The molecule has 0 aromatic carbocycles. The molecule has 0 spiro atoms. The van der Waals surface area contributed by atoms with Crippen LogP contribution in [0.15, 0.2) is 4.99 Å². The van der Waals surface area contributed by atoms with E-state index in [1.807, 2.05) is 11.8 Å². The van der Waals surface area contributed by atoms with Crippen molar-refractivity contribution in [2.75, 3.05) is 58.6 Å². The van der Waals surface area contributed by atoms with Gasteiger partial charge in [-0.05, 0) is 38.2 Å². The van der Waals surface area contributed by atoms with Crippen molar-refractivity contribution in [2.45, 2.75) is 26.2 Å². The Morgan fingerprint density at radius 1 is 1.10 bits per heavy atom. The molecule has 0 radical (unpaired) electrons. The van der Waals surface area contributed by atoms with E-state index in [-0.39, 0.29) is 0 Å². The van der Waals surface area contributed by atoms with Crippen LogP contribution in [0.2, 0.25) is 0 Å². The van der Waals surface area contributed by atoms with Crippen molar-refractivity contribution in [3.63, 3.8) is 0 Å². The number of thioether (sulfide) groups is 1. The summed E-state index contributed by atoms with van der Waals surface area (Å²) in [7, 11) is 1.68. The fourth-order valence-electron chi connectivity index (χ4n) is 1.52. The Hall–Kier alpha value is -0.460. The van der Waals surface area contributed by atoms with Crippen LogP contribution in [0.5, 0.6) is 0 Å². The first kappa shape index (κ1) is 19.5. The molecule has 0 atom stereocenters. The van der Waals surface area contributed by atoms with Crippen LogP contribution >= 0.6 is 11.8 Å². The second-order valence-electron chi connectivity index (χ2n) is 4.35. The number of unbranched alkanes of at least 4 members (excludes halogenated alkanes) is 1. The SMILES string of the molecule is CCNC(=NCCCOCCOC)NCCCCSC. The average Bonchev–Trinajstić information content (AvgIpc) is 2.46. The summed E-state index contributed by atoms with van der Waals surface area (Å²) < 4.78 is 10.3. The number of hydrogen-bond donors (Lipinski definition) is 2. The molecule has 0 unspecified atom stereocenters. The molecule has 20 heavy (non-hydrogen) atoms. The van der Waals surface area contributed by atoms with E-state index in [0.717, 1.165) is 38.6 Å². The lowest BCUT2D eigenvalue weighted by molar-refractivity contribution is 0.0702. The van der Waals surface area contributed by atoms with Crippen LogP contribution in [-0.2, 0) is 9.47 Å². The van der Waals surface area contributed by atoms with Gasteiger partial charge in [-0.3, -0.25) is 4.99 Å². The molecule has 0 saturated heterocycles. The van der Waals surface area contributed by atoms with Crippen LogP contribution < -0.4 is 10.6 Å². The zero-order chi connectivity index (χ0) is 14.9. The molecule has 2 N–H and O–H groups in total. The Balaban J connectivity index is 3.61. The number of nitrogens with zero attached hydrogens (tertiary/aromatic N) is 1. The topological polar surface area (TPSA) is 54.9 Å². The zero-order valence-electron chi connectivity index (χ0n) is 13.2. The second kappa shape index (κ2) is 16.6. The maximum absolute atomic E-state index is 5.40. The summed E-state index contributed by atoms with van der Waals surface area (Å²) in [5.74, 6) is 2.14. The highest BCUT2D eigenvalue weighted by Crippen LogP contribution is 1.97. The number of aliphatic imine (C=N–C) groups is 1. The third-order valence-electron chi connectivity index (χ3n) is 2.56. The molecule has 0 bridgehead atoms. The van der Waals surface area contributed by atoms with Crippen molar-refractivity contribution < 1.29 is 9.47 Å². The van der Waals surface area contributed by atoms with Crippen LogP contribution in [0.1, 0.15) is 26.2 Å². The van der Waals surface area contributed by atoms with Gasteiger partial charge in [0.1, 0.15) is 0 Å². The summed E-state index contributed by atoms with van der Waals surface area (Å²) in [5, 5.41) is 6.62. The molecule has 5 nitrogen and oxygen atoms in total. The molecule has 0 saturated carbocycles. The van der Waals surface area contributed by atoms with Crippen molar-refractivity contribution in [3.8, 4) is 0 Å². The van der Waals surface area contributed by atoms with E-state index < -0.39 is 0 Å². The number of methoxy groups -OCH3 is 1. The number of rotatable bonds is 13. The van der Waals surface area contributed by atoms with E-state index >= 15 is 0 Å². The van der Waals surface area contributed by atoms with Gasteiger partial charge in [-0.1, -0.05) is 0 Å². The van der Waals surface area contributed by atoms with Gasteiger partial charge in [0, 0.05) is 33.4 Å². The van der Waals surface area contributed by atoms with Gasteiger partial charge in [0.15, 0.2) is 5.96 Å². The number of nitrogens with one attached hydrogen (secondary N) is 2. The first-order valence-corrected chi connectivity index (χ1v) is 8.82. The molecule has 0 aromatic rings. The Labute approximate surface area is 128 Å². The van der Waals surface area contributed by atoms with Crippen LogP contribution in [0, 0.1) is 0 Å². The molecular formula is C14H31N3O2S. The minimum absolute atomic E-state index is 0.656. The Bertz CT molecular complexity index is 228. The summed E-state index contributed by atoms with van der Waals surface area (Å²) in [6.45, 7) is 6.79. The fourth-order valence-corrected chi connectivity index (χ4v) is 2.01. The summed E-state index contributed by atoms with van der Waals surface area (Å²) in [6.07, 6.45) is 5.52. The fraction of sp³-hybridized carbons (Fsp3) is 0.929. The number of hydrogen-bond acceptors (Lipinski definition) is 4. The van der Waals surface area contributed by atoms with Crippen molar-refractivity contribution in [1.29, 1.82) is 0 Å². The summed E-state index contributed by atoms with van der Waals surface area (Å²) in [6, 6.07) is 0. The lowest BCUT2D eigenvalue weighted by Crippen LogP contribution is -2.38. The first-order valence-electron chi connectivity index (χ1n) is 7.43. The highest BCUT2D eigenvalue weighted by molar-refractivity contribution is 7.98. The van der Waals surface area contributed by atoms with Gasteiger partial charge >= 0.3 is 0 Å². The van der Waals surface area contributed by atoms with E-state index in [2.05, 4.69) is 28.8 Å². The summed E-state index contributed by atoms with van der Waals surface area (Å²) in [5.41, 5.74) is 0. The van der Waals surface area contributed by atoms with Gasteiger partial charge in [0.05, 0.1) is 13.2 Å². The van der Waals surface area contributed by atoms with Crippen molar-refractivity contribution in [2.24, 2.45) is 4.99 Å². The first-order chi connectivity index (χ1) is 9.85. The number of ether oxygens (including phenoxy) is 2. The quantitative estimate of drug-likeness (QED) is 0.308. The molecular weight excluding hydrogens is 274 g/mol. The monoisotopic (exact) mass is 305 g/mol. The van der Waals surface area contributed by atoms with E-state index in [4.69, 9.17) is 9.47 Å². The van der Waals surface area contributed by atoms with Crippen LogP contribution in [-0.4, -0.2) is 64.5 Å². The second-order valence-corrected chi connectivity index (χ2v) is 5.33. The predicted molar refractivity (Wildman–Crippen MR) is 88.9 cm³/mol. The highest BCUT2D eigenvalue weighted by atomic mass is 32.2. The smallest absolute Gasteiger partial charge is 0.191 e. The van der Waals surface area contributed by atoms with Gasteiger partial charge in [0.2, 0.25) is 0 Å². The van der Waals surface area contributed by atoms with Gasteiger partial charge in [-0.15, -0.1) is 0 Å². The molecule has 0 amide bonds. The Kier molecular flexibility index (Phi) is 16.2. The van der Waals surface area contributed by atoms with Gasteiger partial charge in [-0.2, -0.15) is 11.8 Å². The van der Waals surface area contributed by atoms with E-state index in [0.29, 0.717) is 13.2 Å². The predicted octanol–water partition coefficient (Wildman–Crippen LogP) is 1.74. The third-order valence-corrected chi connectivity index (χ3v) is 3.26. The van der Waals surface area contributed by atoms with Crippen molar-refractivity contribution in [3.05, 3.63) is 0 Å². The minimum Gasteiger partial charge on any atom is -0.382 e. The molecule has 0 rings (SSSR count). The van der Waals surface area contributed by atoms with Crippen molar-refractivity contribution >= 4 is 17.7 Å². The van der Waals surface area contributed by atoms with Gasteiger partial charge in [-0.25, -0.2) is 0 Å². The molecule has 120 valence electrons. The van der Waals surface area contributed by atoms with E-state index in [1.165, 1.54) is 18.6 Å². The minimum atomic E-state index is 0.656. The highest BCUT2D eigenvalue weighted by Gasteiger charge is 1.96. The third kappa shape index (κ3) is 14.0. The largest absolute Gasteiger partial charge is 0.382 e. The van der Waals surface area contributed by atoms with E-state index in [9.17, 15) is 0 Å². The molecule has 0 aliphatic carbocycles. The van der Waals surface area contributed by atoms with E-state index in [1.54, 1.807) is 7.11 Å². The van der Waals surface area contributed by atoms with Crippen LogP contribution in [0.3, 0.4) is 0 Å². The standard InChI is InChI=1S/C14H31N3O2S/c1-4-15-14(16-8-5-6-13-20-3)17-9-7-10-19-12-11-18-2/h4-13H2,1-3H3,(H2,15,16,17). The zero-order valence-corrected chi connectivity index (χ0v) is 14.1. The Morgan fingerprint density at radius 2 is 1.95 bits per heavy atom. The van der Waals surface area contributed by atoms with Crippen LogP contribution in [0.25, 0.3) is 0 Å². The van der Waals surface area contributed by atoms with Crippen LogP contribution in [0.4, 0.5) is 0 Å².